The third-order valence-corrected chi connectivity index (χ3v) is 5.14. The van der Waals surface area contributed by atoms with Gasteiger partial charge in [0, 0.05) is 41.4 Å². The van der Waals surface area contributed by atoms with Gasteiger partial charge in [0.1, 0.15) is 18.1 Å². The fourth-order valence-corrected chi connectivity index (χ4v) is 3.89. The summed E-state index contributed by atoms with van der Waals surface area (Å²) in [6.45, 7) is -1.79. The highest BCUT2D eigenvalue weighted by molar-refractivity contribution is 6.06. The number of anilines is 1. The van der Waals surface area contributed by atoms with E-state index in [9.17, 15) is 40.3 Å². The summed E-state index contributed by atoms with van der Waals surface area (Å²) in [5.41, 5.74) is 4.41. The first kappa shape index (κ1) is 26.5. The molecule has 1 aliphatic rings. The van der Waals surface area contributed by atoms with Gasteiger partial charge < -0.3 is 26.1 Å². The van der Waals surface area contributed by atoms with E-state index >= 15 is 0 Å². The zero-order valence-electron chi connectivity index (χ0n) is 18.0. The Bertz CT molecular complexity index is 1210. The van der Waals surface area contributed by atoms with Gasteiger partial charge in [-0.2, -0.15) is 13.2 Å². The third-order valence-electron chi connectivity index (χ3n) is 5.14. The van der Waals surface area contributed by atoms with Crippen molar-refractivity contribution >= 4 is 23.7 Å². The average Bonchev–Trinajstić information content (AvgIpc) is 2.74. The van der Waals surface area contributed by atoms with Crippen LogP contribution in [-0.4, -0.2) is 48.1 Å². The fraction of sp³-hybridized carbons (Fsp3) is 0.227. The molecule has 7 nitrogen and oxygen atoms in total. The number of hydrogen-bond donors (Lipinski definition) is 3. The van der Waals surface area contributed by atoms with Gasteiger partial charge in [0.2, 0.25) is 5.91 Å². The van der Waals surface area contributed by atoms with Gasteiger partial charge in [0.25, 0.3) is 5.91 Å². The Morgan fingerprint density at radius 2 is 1.81 bits per heavy atom. The lowest BCUT2D eigenvalue weighted by Crippen LogP contribution is -2.55. The van der Waals surface area contributed by atoms with Crippen LogP contribution >= 0.6 is 0 Å². The van der Waals surface area contributed by atoms with Gasteiger partial charge in [-0.1, -0.05) is 18.2 Å². The minimum atomic E-state index is -5.16. The number of rotatable bonds is 6. The predicted octanol–water partition coefficient (Wildman–Crippen LogP) is 4.33. The van der Waals surface area contributed by atoms with Crippen LogP contribution in [0.3, 0.4) is 0 Å². The van der Waals surface area contributed by atoms with Crippen molar-refractivity contribution in [2.24, 2.45) is 5.73 Å². The molecule has 14 heteroatoms. The van der Waals surface area contributed by atoms with E-state index in [0.29, 0.717) is 29.3 Å². The molecule has 192 valence electrons. The van der Waals surface area contributed by atoms with Gasteiger partial charge in [-0.25, -0.2) is 4.39 Å². The lowest BCUT2D eigenvalue weighted by Gasteiger charge is -2.42. The largest absolute Gasteiger partial charge is 0.573 e. The van der Waals surface area contributed by atoms with Crippen LogP contribution in [-0.2, 0) is 4.79 Å². The molecule has 0 aliphatic carbocycles. The maximum absolute atomic E-state index is 13.9. The Morgan fingerprint density at radius 3 is 2.39 bits per heavy atom. The predicted molar refractivity (Wildman–Crippen MR) is 113 cm³/mol. The molecule has 2 atom stereocenters. The van der Waals surface area contributed by atoms with Crippen LogP contribution in [0, 0.1) is 11.2 Å². The molecule has 0 spiro atoms. The summed E-state index contributed by atoms with van der Waals surface area (Å²) in [6, 6.07) is 5.31. The zero-order valence-corrected chi connectivity index (χ0v) is 18.0. The Labute approximate surface area is 198 Å². The van der Waals surface area contributed by atoms with Crippen molar-refractivity contribution in [2.75, 3.05) is 11.9 Å². The highest BCUT2D eigenvalue weighted by atomic mass is 19.4. The van der Waals surface area contributed by atoms with Crippen LogP contribution in [0.5, 0.6) is 5.75 Å². The Hall–Kier alpha value is -4.10. The molecule has 4 N–H and O–H groups in total. The van der Waals surface area contributed by atoms with Crippen molar-refractivity contribution < 1.29 is 45.1 Å². The quantitative estimate of drug-likeness (QED) is 0.391. The number of fused-ring (bicyclic) bond motifs is 1. The molecule has 36 heavy (non-hydrogen) atoms. The lowest BCUT2D eigenvalue weighted by atomic mass is 9.79. The van der Waals surface area contributed by atoms with Gasteiger partial charge in [-0.05, 0) is 17.7 Å². The van der Waals surface area contributed by atoms with E-state index in [1.54, 1.807) is 0 Å². The number of amides is 2. The van der Waals surface area contributed by atoms with Crippen LogP contribution in [0.1, 0.15) is 21.8 Å². The van der Waals surface area contributed by atoms with Crippen molar-refractivity contribution in [3.05, 3.63) is 71.2 Å². The number of carbonyl (C=O) groups is 2. The molecule has 0 aromatic heterocycles. The summed E-state index contributed by atoms with van der Waals surface area (Å²) < 4.78 is 95.4. The molecule has 3 rings (SSSR count). The molecule has 0 radical (unpaired) electrons. The molecule has 1 aliphatic heterocycles. The number of nitrogens with zero attached hydrogens (tertiary/aromatic N) is 1. The van der Waals surface area contributed by atoms with Gasteiger partial charge >= 0.3 is 12.5 Å². The van der Waals surface area contributed by atoms with Crippen LogP contribution in [0.2, 0.25) is 0 Å². The van der Waals surface area contributed by atoms with E-state index in [-0.39, 0.29) is 16.7 Å². The number of nitrogens with two attached hydrogens (primary N) is 1. The number of benzene rings is 2. The van der Waals surface area contributed by atoms with Gasteiger partial charge in [0.15, 0.2) is 0 Å². The Kier molecular flexibility index (Phi) is 7.27. The smallest absolute Gasteiger partial charge is 0.406 e. The van der Waals surface area contributed by atoms with Crippen LogP contribution in [0.15, 0.2) is 54.2 Å². The maximum Gasteiger partial charge on any atom is 0.573 e. The topological polar surface area (TPSA) is 109 Å². The molecule has 0 unspecified atom stereocenters. The number of ether oxygens (including phenoxy) is 1. The third kappa shape index (κ3) is 5.93. The first-order chi connectivity index (χ1) is 16.7. The first-order valence-electron chi connectivity index (χ1n) is 10.00. The molecule has 2 aromatic rings. The summed E-state index contributed by atoms with van der Waals surface area (Å²) in [7, 11) is 0. The monoisotopic (exact) mass is 518 g/mol. The number of carbonyl (C=O) groups excluding carboxylic acids is 2. The minimum Gasteiger partial charge on any atom is -0.406 e. The van der Waals surface area contributed by atoms with Gasteiger partial charge in [-0.3, -0.25) is 9.59 Å². The van der Waals surface area contributed by atoms with E-state index in [0.717, 1.165) is 6.20 Å². The van der Waals surface area contributed by atoms with Gasteiger partial charge in [0.05, 0.1) is 12.0 Å². The average molecular weight is 518 g/mol. The van der Waals surface area contributed by atoms with Crippen molar-refractivity contribution in [3.8, 4) is 5.75 Å². The Balaban J connectivity index is 2.11. The van der Waals surface area contributed by atoms with E-state index in [2.05, 4.69) is 10.1 Å². The van der Waals surface area contributed by atoms with Crippen LogP contribution in [0.4, 0.5) is 36.4 Å². The number of nitrogens with one attached hydrogen (secondary N) is 2. The second kappa shape index (κ2) is 9.87. The molecular formula is C22H17F7N4O3. The van der Waals surface area contributed by atoms with E-state index < -0.39 is 60.1 Å². The Morgan fingerprint density at radius 1 is 1.14 bits per heavy atom. The molecule has 1 heterocycles. The molecule has 2 amide bonds. The number of hydrogen-bond acceptors (Lipinski definition) is 5. The molecule has 0 saturated carbocycles. The second-order valence-corrected chi connectivity index (χ2v) is 7.58. The van der Waals surface area contributed by atoms with Crippen LogP contribution < -0.4 is 15.8 Å². The highest BCUT2D eigenvalue weighted by Crippen LogP contribution is 2.39. The van der Waals surface area contributed by atoms with Gasteiger partial charge in [-0.15, -0.1) is 13.2 Å². The highest BCUT2D eigenvalue weighted by Gasteiger charge is 2.48. The minimum absolute atomic E-state index is 0.0206. The molecular weight excluding hydrogens is 501 g/mol. The number of halogens is 7. The van der Waals surface area contributed by atoms with Crippen molar-refractivity contribution in [1.82, 2.24) is 4.90 Å². The summed E-state index contributed by atoms with van der Waals surface area (Å²) in [5, 5.41) is 9.72. The normalized spacial score (nSPS) is 18.5. The molecule has 2 aromatic carbocycles. The molecule has 0 saturated heterocycles. The van der Waals surface area contributed by atoms with Crippen molar-refractivity contribution in [3.63, 3.8) is 0 Å². The maximum atomic E-state index is 13.9. The standard InChI is InChI=1S/C22H17F7N4O3/c23-12-5-13(7-14(6-12)36-22(27,28)29)32-19(34)17-15-3-1-2-4-16(15)20(35)33(10-21(24,25)26)18(17)11(8-30)9-31/h1-9,17-18,30H,10,31H2,(H,32,34)/t17-,18+/m1/s1. The zero-order chi connectivity index (χ0) is 26.8. The van der Waals surface area contributed by atoms with E-state index in [1.807, 2.05) is 0 Å². The fourth-order valence-electron chi connectivity index (χ4n) is 3.89. The van der Waals surface area contributed by atoms with Crippen molar-refractivity contribution in [1.29, 1.82) is 5.41 Å². The summed E-state index contributed by atoms with van der Waals surface area (Å²) in [6.07, 6.45) is -8.71. The SMILES string of the molecule is N=CC(=CN)[C@H]1[C@H](C(=O)Nc2cc(F)cc(OC(F)(F)F)c2)c2ccccc2C(=O)N1CC(F)(F)F. The summed E-state index contributed by atoms with van der Waals surface area (Å²) in [5.74, 6) is -5.98. The summed E-state index contributed by atoms with van der Waals surface area (Å²) in [4.78, 5) is 26.6. The number of alkyl halides is 6. The molecule has 0 bridgehead atoms. The second-order valence-electron chi connectivity index (χ2n) is 7.58. The molecule has 0 fully saturated rings. The summed E-state index contributed by atoms with van der Waals surface area (Å²) >= 11 is 0. The van der Waals surface area contributed by atoms with E-state index in [4.69, 9.17) is 11.1 Å². The van der Waals surface area contributed by atoms with Crippen molar-refractivity contribution in [2.45, 2.75) is 24.5 Å². The van der Waals surface area contributed by atoms with Crippen LogP contribution in [0.25, 0.3) is 0 Å². The lowest BCUT2D eigenvalue weighted by molar-refractivity contribution is -0.274. The van der Waals surface area contributed by atoms with E-state index in [1.165, 1.54) is 24.3 Å². The first-order valence-corrected chi connectivity index (χ1v) is 10.00.